The number of aliphatic hydroxyl groups excluding tert-OH is 1. The van der Waals surface area contributed by atoms with Crippen LogP contribution in [0.15, 0.2) is 12.2 Å². The monoisotopic (exact) mass is 439 g/mol. The van der Waals surface area contributed by atoms with Crippen LogP contribution >= 0.6 is 11.8 Å². The molecule has 1 unspecified atom stereocenters. The molecule has 2 aliphatic rings. The molecule has 172 valence electrons. The Morgan fingerprint density at radius 3 is 2.83 bits per heavy atom. The van der Waals surface area contributed by atoms with Gasteiger partial charge in [-0.2, -0.15) is 11.8 Å². The van der Waals surface area contributed by atoms with Crippen LogP contribution in [0.3, 0.4) is 0 Å². The summed E-state index contributed by atoms with van der Waals surface area (Å²) in [6.07, 6.45) is 16.6. The van der Waals surface area contributed by atoms with Gasteiger partial charge >= 0.3 is 5.97 Å². The molecule has 0 aromatic carbocycles. The maximum absolute atomic E-state index is 12.2. The Bertz CT molecular complexity index is 535. The van der Waals surface area contributed by atoms with E-state index in [2.05, 4.69) is 12.2 Å². The first-order chi connectivity index (χ1) is 14.6. The van der Waals surface area contributed by atoms with Crippen molar-refractivity contribution in [2.75, 3.05) is 24.7 Å². The highest BCUT2D eigenvalue weighted by molar-refractivity contribution is 7.99. The van der Waals surface area contributed by atoms with Gasteiger partial charge in [0, 0.05) is 18.7 Å². The molecule has 0 spiro atoms. The normalized spacial score (nSPS) is 20.3. The topological polar surface area (TPSA) is 66.8 Å². The van der Waals surface area contributed by atoms with Crippen LogP contribution in [0, 0.1) is 5.92 Å². The Labute approximate surface area is 187 Å². The van der Waals surface area contributed by atoms with E-state index < -0.39 is 12.1 Å². The number of ether oxygens (including phenoxy) is 1. The second-order valence-electron chi connectivity index (χ2n) is 8.64. The zero-order valence-corrected chi connectivity index (χ0v) is 19.5. The van der Waals surface area contributed by atoms with Crippen molar-refractivity contribution in [1.29, 1.82) is 0 Å². The highest BCUT2D eigenvalue weighted by atomic mass is 32.2. The molecule has 2 rings (SSSR count). The van der Waals surface area contributed by atoms with E-state index in [1.807, 2.05) is 11.8 Å². The van der Waals surface area contributed by atoms with E-state index in [0.29, 0.717) is 25.2 Å². The molecule has 0 radical (unpaired) electrons. The number of likely N-dealkylation sites (tertiary alicyclic amines) is 1. The molecule has 1 N–H and O–H groups in total. The maximum Gasteiger partial charge on any atom is 0.334 e. The molecule has 6 heteroatoms. The lowest BCUT2D eigenvalue weighted by atomic mass is 10.1. The van der Waals surface area contributed by atoms with Crippen molar-refractivity contribution in [3.8, 4) is 0 Å². The Morgan fingerprint density at radius 2 is 2.07 bits per heavy atom. The van der Waals surface area contributed by atoms with Crippen LogP contribution in [0.1, 0.15) is 84.0 Å². The summed E-state index contributed by atoms with van der Waals surface area (Å²) in [7, 11) is 0. The summed E-state index contributed by atoms with van der Waals surface area (Å²) >= 11 is 1.68. The van der Waals surface area contributed by atoms with E-state index in [0.717, 1.165) is 43.9 Å². The highest BCUT2D eigenvalue weighted by Gasteiger charge is 2.28. The number of esters is 1. The fraction of sp³-hybridized carbons (Fsp3) is 0.833. The third-order valence-corrected chi connectivity index (χ3v) is 6.94. The summed E-state index contributed by atoms with van der Waals surface area (Å²) in [6, 6.07) is 0.240. The van der Waals surface area contributed by atoms with Crippen molar-refractivity contribution in [2.45, 2.75) is 96.1 Å². The van der Waals surface area contributed by atoms with Gasteiger partial charge in [-0.05, 0) is 43.8 Å². The number of rotatable bonds is 17. The van der Waals surface area contributed by atoms with E-state index in [4.69, 9.17) is 4.74 Å². The van der Waals surface area contributed by atoms with Gasteiger partial charge in [0.2, 0.25) is 5.91 Å². The van der Waals surface area contributed by atoms with Crippen molar-refractivity contribution in [3.63, 3.8) is 0 Å². The summed E-state index contributed by atoms with van der Waals surface area (Å²) in [6.45, 7) is 3.15. The SMILES string of the molecule is CCCCOC(=O)C(O)CCSCCN1C(=O)CC[C@@H]1C=CCCCCCC1CC1. The van der Waals surface area contributed by atoms with Gasteiger partial charge in [0.15, 0.2) is 6.10 Å². The number of unbranched alkanes of at least 4 members (excludes halogenated alkanes) is 4. The molecule has 5 nitrogen and oxygen atoms in total. The van der Waals surface area contributed by atoms with E-state index >= 15 is 0 Å². The number of carbonyl (C=O) groups excluding carboxylic acids is 2. The molecule has 30 heavy (non-hydrogen) atoms. The maximum atomic E-state index is 12.2. The van der Waals surface area contributed by atoms with Crippen LogP contribution < -0.4 is 0 Å². The molecule has 1 saturated heterocycles. The van der Waals surface area contributed by atoms with E-state index in [1.54, 1.807) is 11.8 Å². The lowest BCUT2D eigenvalue weighted by Crippen LogP contribution is -2.33. The molecule has 2 atom stereocenters. The average molecular weight is 440 g/mol. The number of amides is 1. The average Bonchev–Trinajstić information content (AvgIpc) is 3.50. The second-order valence-corrected chi connectivity index (χ2v) is 9.87. The number of aliphatic hydroxyl groups is 1. The predicted molar refractivity (Wildman–Crippen MR) is 123 cm³/mol. The Hall–Kier alpha value is -1.01. The summed E-state index contributed by atoms with van der Waals surface area (Å²) < 4.78 is 5.03. The second kappa shape index (κ2) is 14.9. The number of thioether (sulfide) groups is 1. The fourth-order valence-corrected chi connectivity index (χ4v) is 4.69. The number of nitrogens with zero attached hydrogens (tertiary/aromatic N) is 1. The summed E-state index contributed by atoms with van der Waals surface area (Å²) in [5.74, 6) is 2.28. The van der Waals surface area contributed by atoms with Crippen LogP contribution in [0.25, 0.3) is 0 Å². The third-order valence-electron chi connectivity index (χ3n) is 5.94. The first-order valence-corrected chi connectivity index (χ1v) is 13.2. The van der Waals surface area contributed by atoms with Gasteiger partial charge in [-0.3, -0.25) is 4.79 Å². The van der Waals surface area contributed by atoms with Gasteiger partial charge in [-0.1, -0.05) is 57.6 Å². The van der Waals surface area contributed by atoms with E-state index in [1.165, 1.54) is 38.5 Å². The van der Waals surface area contributed by atoms with Crippen LogP contribution in [0.4, 0.5) is 0 Å². The molecule has 0 bridgehead atoms. The van der Waals surface area contributed by atoms with Crippen molar-refractivity contribution >= 4 is 23.6 Å². The number of carbonyl (C=O) groups is 2. The van der Waals surface area contributed by atoms with Gasteiger partial charge in [-0.15, -0.1) is 0 Å². The Kier molecular flexibility index (Phi) is 12.5. The predicted octanol–water partition coefficient (Wildman–Crippen LogP) is 4.72. The molecule has 1 aliphatic carbocycles. The smallest absolute Gasteiger partial charge is 0.334 e. The number of hydrogen-bond acceptors (Lipinski definition) is 5. The van der Waals surface area contributed by atoms with E-state index in [9.17, 15) is 14.7 Å². The molecule has 1 saturated carbocycles. The molecule has 0 aromatic rings. The highest BCUT2D eigenvalue weighted by Crippen LogP contribution is 2.34. The van der Waals surface area contributed by atoms with Crippen LogP contribution in [-0.4, -0.2) is 58.7 Å². The lowest BCUT2D eigenvalue weighted by molar-refractivity contribution is -0.153. The first kappa shape index (κ1) is 25.3. The van der Waals surface area contributed by atoms with Crippen molar-refractivity contribution in [1.82, 2.24) is 4.90 Å². The minimum Gasteiger partial charge on any atom is -0.464 e. The third kappa shape index (κ3) is 10.3. The molecular formula is C24H41NO4S. The molecule has 1 aliphatic heterocycles. The van der Waals surface area contributed by atoms with Crippen molar-refractivity contribution < 1.29 is 19.4 Å². The molecule has 1 amide bonds. The Balaban J connectivity index is 1.53. The molecule has 2 fully saturated rings. The van der Waals surface area contributed by atoms with E-state index in [-0.39, 0.29) is 11.9 Å². The Morgan fingerprint density at radius 1 is 1.23 bits per heavy atom. The number of allylic oxidation sites excluding steroid dienone is 1. The fourth-order valence-electron chi connectivity index (χ4n) is 3.77. The van der Waals surface area contributed by atoms with Gasteiger partial charge in [0.25, 0.3) is 0 Å². The zero-order valence-electron chi connectivity index (χ0n) is 18.7. The summed E-state index contributed by atoms with van der Waals surface area (Å²) in [4.78, 5) is 25.8. The molecular weight excluding hydrogens is 398 g/mol. The minimum absolute atomic E-state index is 0.240. The van der Waals surface area contributed by atoms with Gasteiger partial charge in [0.1, 0.15) is 0 Å². The van der Waals surface area contributed by atoms with Crippen LogP contribution in [-0.2, 0) is 14.3 Å². The lowest BCUT2D eigenvalue weighted by Gasteiger charge is -2.22. The summed E-state index contributed by atoms with van der Waals surface area (Å²) in [5, 5.41) is 9.85. The minimum atomic E-state index is -1.04. The van der Waals surface area contributed by atoms with Gasteiger partial charge < -0.3 is 14.7 Å². The molecule has 1 heterocycles. The zero-order chi connectivity index (χ0) is 21.6. The first-order valence-electron chi connectivity index (χ1n) is 12.0. The largest absolute Gasteiger partial charge is 0.464 e. The standard InChI is InChI=1S/C24H41NO4S/c1-2-3-17-29-24(28)22(26)15-18-30-19-16-25-21(13-14-23(25)27)10-8-6-4-5-7-9-20-11-12-20/h8,10,20-22,26H,2-7,9,11-19H2,1H3/t21-,22?/m0/s1. The quantitative estimate of drug-likeness (QED) is 0.202. The number of hydrogen-bond donors (Lipinski definition) is 1. The van der Waals surface area contributed by atoms with Crippen LogP contribution in [0.5, 0.6) is 0 Å². The van der Waals surface area contributed by atoms with Crippen LogP contribution in [0.2, 0.25) is 0 Å². The molecule has 0 aromatic heterocycles. The summed E-state index contributed by atoms with van der Waals surface area (Å²) in [5.41, 5.74) is 0. The van der Waals surface area contributed by atoms with Crippen molar-refractivity contribution in [2.24, 2.45) is 5.92 Å². The van der Waals surface area contributed by atoms with Crippen molar-refractivity contribution in [3.05, 3.63) is 12.2 Å². The van der Waals surface area contributed by atoms with Gasteiger partial charge in [-0.25, -0.2) is 4.79 Å². The van der Waals surface area contributed by atoms with Gasteiger partial charge in [0.05, 0.1) is 12.6 Å².